The van der Waals surface area contributed by atoms with Crippen LogP contribution >= 0.6 is 0 Å². The van der Waals surface area contributed by atoms with Gasteiger partial charge in [-0.2, -0.15) is 0 Å². The van der Waals surface area contributed by atoms with E-state index in [1.165, 1.54) is 7.11 Å². The Balaban J connectivity index is 3.09. The van der Waals surface area contributed by atoms with E-state index in [1.54, 1.807) is 0 Å². The first-order valence-corrected chi connectivity index (χ1v) is 5.00. The lowest BCUT2D eigenvalue weighted by Gasteiger charge is -2.07. The normalized spacial score (nSPS) is 10.6. The molecule has 4 nitrogen and oxygen atoms in total. The Labute approximate surface area is 86.0 Å². The Morgan fingerprint density at radius 2 is 2.07 bits per heavy atom. The Morgan fingerprint density at radius 1 is 1.36 bits per heavy atom. The topological polar surface area (TPSA) is 47.6 Å². The van der Waals surface area contributed by atoms with Gasteiger partial charge in [0.1, 0.15) is 6.61 Å². The van der Waals surface area contributed by atoms with Gasteiger partial charge in [0.05, 0.1) is 6.61 Å². The molecule has 0 rings (SSSR count). The predicted octanol–water partition coefficient (Wildman–Crippen LogP) is 0.812. The van der Waals surface area contributed by atoms with E-state index in [0.717, 1.165) is 13.0 Å². The number of hydrogen-bond donors (Lipinski definition) is 1. The molecule has 0 radical (unpaired) electrons. The molecule has 0 heterocycles. The van der Waals surface area contributed by atoms with E-state index in [1.807, 2.05) is 0 Å². The van der Waals surface area contributed by atoms with Crippen LogP contribution in [0.15, 0.2) is 0 Å². The molecule has 0 aromatic heterocycles. The van der Waals surface area contributed by atoms with E-state index in [4.69, 9.17) is 4.74 Å². The molecular weight excluding hydrogens is 182 g/mol. The molecule has 0 aliphatic heterocycles. The van der Waals surface area contributed by atoms with Crippen molar-refractivity contribution in [1.82, 2.24) is 5.32 Å². The summed E-state index contributed by atoms with van der Waals surface area (Å²) in [6.07, 6.45) is 1.06. The second-order valence-corrected chi connectivity index (χ2v) is 3.58. The molecule has 0 spiro atoms. The van der Waals surface area contributed by atoms with Gasteiger partial charge in [0.25, 0.3) is 0 Å². The Bertz CT molecular complexity index is 148. The van der Waals surface area contributed by atoms with Crippen LogP contribution in [0.4, 0.5) is 0 Å². The number of methoxy groups -OCH3 is 1. The van der Waals surface area contributed by atoms with Crippen molar-refractivity contribution in [2.75, 3.05) is 33.5 Å². The molecule has 0 saturated heterocycles. The summed E-state index contributed by atoms with van der Waals surface area (Å²) in [7, 11) is 1.50. The molecule has 0 aromatic carbocycles. The van der Waals surface area contributed by atoms with Gasteiger partial charge in [-0.1, -0.05) is 13.8 Å². The zero-order chi connectivity index (χ0) is 10.8. The van der Waals surface area contributed by atoms with Gasteiger partial charge in [-0.05, 0) is 12.3 Å². The van der Waals surface area contributed by atoms with E-state index in [-0.39, 0.29) is 12.5 Å². The molecule has 0 aromatic rings. The van der Waals surface area contributed by atoms with Crippen molar-refractivity contribution >= 4 is 5.91 Å². The smallest absolute Gasteiger partial charge is 0.246 e. The molecule has 0 unspecified atom stereocenters. The summed E-state index contributed by atoms with van der Waals surface area (Å²) >= 11 is 0. The Hall–Kier alpha value is -0.610. The van der Waals surface area contributed by atoms with Gasteiger partial charge in [-0.15, -0.1) is 0 Å². The molecule has 0 fully saturated rings. The second kappa shape index (κ2) is 8.97. The van der Waals surface area contributed by atoms with E-state index >= 15 is 0 Å². The second-order valence-electron chi connectivity index (χ2n) is 3.58. The maximum absolute atomic E-state index is 10.9. The third kappa shape index (κ3) is 9.48. The lowest BCUT2D eigenvalue weighted by atomic mass is 10.1. The van der Waals surface area contributed by atoms with Crippen LogP contribution in [0.1, 0.15) is 20.3 Å². The van der Waals surface area contributed by atoms with Crippen molar-refractivity contribution in [1.29, 1.82) is 0 Å². The van der Waals surface area contributed by atoms with Crippen LogP contribution in [0.25, 0.3) is 0 Å². The summed E-state index contributed by atoms with van der Waals surface area (Å²) in [6.45, 7) is 6.32. The highest BCUT2D eigenvalue weighted by molar-refractivity contribution is 5.77. The lowest BCUT2D eigenvalue weighted by Crippen LogP contribution is -2.30. The maximum atomic E-state index is 10.9. The van der Waals surface area contributed by atoms with Gasteiger partial charge >= 0.3 is 0 Å². The number of ether oxygens (including phenoxy) is 2. The highest BCUT2D eigenvalue weighted by atomic mass is 16.5. The fourth-order valence-corrected chi connectivity index (χ4v) is 0.866. The summed E-state index contributed by atoms with van der Waals surface area (Å²) in [6, 6.07) is 0. The molecule has 1 amide bonds. The van der Waals surface area contributed by atoms with Gasteiger partial charge < -0.3 is 14.8 Å². The predicted molar refractivity (Wildman–Crippen MR) is 55.2 cm³/mol. The molecule has 84 valence electrons. The van der Waals surface area contributed by atoms with Crippen LogP contribution < -0.4 is 5.32 Å². The van der Waals surface area contributed by atoms with Crippen molar-refractivity contribution in [3.8, 4) is 0 Å². The maximum Gasteiger partial charge on any atom is 0.246 e. The third-order valence-corrected chi connectivity index (χ3v) is 1.68. The first-order chi connectivity index (χ1) is 6.66. The zero-order valence-electron chi connectivity index (χ0n) is 9.34. The fourth-order valence-electron chi connectivity index (χ4n) is 0.866. The van der Waals surface area contributed by atoms with Crippen LogP contribution in [0.5, 0.6) is 0 Å². The molecule has 1 N–H and O–H groups in total. The number of nitrogens with one attached hydrogen (secondary N) is 1. The summed E-state index contributed by atoms with van der Waals surface area (Å²) in [5.74, 6) is 0.568. The first kappa shape index (κ1) is 13.4. The largest absolute Gasteiger partial charge is 0.380 e. The lowest BCUT2D eigenvalue weighted by molar-refractivity contribution is -0.124. The van der Waals surface area contributed by atoms with Crippen LogP contribution in [-0.2, 0) is 14.3 Å². The molecule has 14 heavy (non-hydrogen) atoms. The summed E-state index contributed by atoms with van der Waals surface area (Å²) in [5, 5.41) is 2.68. The number of carbonyl (C=O) groups is 1. The monoisotopic (exact) mass is 203 g/mol. The molecule has 0 atom stereocenters. The van der Waals surface area contributed by atoms with Gasteiger partial charge in [0.15, 0.2) is 0 Å². The fraction of sp³-hybridized carbons (Fsp3) is 0.900. The highest BCUT2D eigenvalue weighted by Crippen LogP contribution is 1.98. The SMILES string of the molecule is COCC(=O)NCCOCCC(C)C. The zero-order valence-corrected chi connectivity index (χ0v) is 9.34. The van der Waals surface area contributed by atoms with E-state index in [2.05, 4.69) is 23.9 Å². The van der Waals surface area contributed by atoms with Crippen LogP contribution in [0, 0.1) is 5.92 Å². The molecule has 0 aliphatic rings. The van der Waals surface area contributed by atoms with Crippen molar-refractivity contribution in [2.24, 2.45) is 5.92 Å². The summed E-state index contributed by atoms with van der Waals surface area (Å²) in [4.78, 5) is 10.9. The van der Waals surface area contributed by atoms with Crippen molar-refractivity contribution in [3.63, 3.8) is 0 Å². The molecule has 0 bridgehead atoms. The van der Waals surface area contributed by atoms with Crippen molar-refractivity contribution in [3.05, 3.63) is 0 Å². The van der Waals surface area contributed by atoms with Crippen LogP contribution in [0.3, 0.4) is 0 Å². The minimum atomic E-state index is -0.0973. The standard InChI is InChI=1S/C10H21NO3/c1-9(2)4-6-14-7-5-11-10(12)8-13-3/h9H,4-8H2,1-3H3,(H,11,12). The third-order valence-electron chi connectivity index (χ3n) is 1.68. The molecule has 0 saturated carbocycles. The summed E-state index contributed by atoms with van der Waals surface area (Å²) in [5.41, 5.74) is 0. The first-order valence-electron chi connectivity index (χ1n) is 5.00. The van der Waals surface area contributed by atoms with E-state index < -0.39 is 0 Å². The molecule has 0 aliphatic carbocycles. The molecular formula is C10H21NO3. The van der Waals surface area contributed by atoms with E-state index in [0.29, 0.717) is 19.1 Å². The number of hydrogen-bond acceptors (Lipinski definition) is 3. The highest BCUT2D eigenvalue weighted by Gasteiger charge is 1.98. The minimum absolute atomic E-state index is 0.0973. The number of carbonyl (C=O) groups excluding carboxylic acids is 1. The average Bonchev–Trinajstić information content (AvgIpc) is 2.11. The number of amides is 1. The van der Waals surface area contributed by atoms with Crippen LogP contribution in [-0.4, -0.2) is 39.4 Å². The minimum Gasteiger partial charge on any atom is -0.380 e. The van der Waals surface area contributed by atoms with Gasteiger partial charge in [-0.3, -0.25) is 4.79 Å². The van der Waals surface area contributed by atoms with Gasteiger partial charge in [-0.25, -0.2) is 0 Å². The summed E-state index contributed by atoms with van der Waals surface area (Å²) < 4.78 is 9.98. The van der Waals surface area contributed by atoms with Crippen molar-refractivity contribution < 1.29 is 14.3 Å². The quantitative estimate of drug-likeness (QED) is 0.594. The van der Waals surface area contributed by atoms with Crippen molar-refractivity contribution in [2.45, 2.75) is 20.3 Å². The van der Waals surface area contributed by atoms with Gasteiger partial charge in [0, 0.05) is 20.3 Å². The average molecular weight is 203 g/mol. The Kier molecular flexibility index (Phi) is 8.57. The van der Waals surface area contributed by atoms with Crippen LogP contribution in [0.2, 0.25) is 0 Å². The molecule has 4 heteroatoms. The number of rotatable bonds is 8. The van der Waals surface area contributed by atoms with Gasteiger partial charge in [0.2, 0.25) is 5.91 Å². The Morgan fingerprint density at radius 3 is 2.64 bits per heavy atom. The van der Waals surface area contributed by atoms with E-state index in [9.17, 15) is 4.79 Å².